The van der Waals surface area contributed by atoms with Crippen LogP contribution in [0.3, 0.4) is 0 Å². The van der Waals surface area contributed by atoms with Crippen molar-refractivity contribution in [1.82, 2.24) is 9.88 Å². The SMILES string of the molecule is CC1(C)CN(CCO)C(=O)[C@@H]1Oc1ccc(C#N)cn1. The second kappa shape index (κ2) is 5.47. The van der Waals surface area contributed by atoms with E-state index >= 15 is 0 Å². The maximum atomic E-state index is 12.2. The van der Waals surface area contributed by atoms with Crippen LogP contribution in [0.4, 0.5) is 0 Å². The van der Waals surface area contributed by atoms with Gasteiger partial charge in [-0.2, -0.15) is 5.26 Å². The summed E-state index contributed by atoms with van der Waals surface area (Å²) in [7, 11) is 0. The third-order valence-corrected chi connectivity index (χ3v) is 3.32. The Morgan fingerprint density at radius 1 is 1.60 bits per heavy atom. The number of aliphatic hydroxyl groups is 1. The van der Waals surface area contributed by atoms with E-state index in [0.717, 1.165) is 0 Å². The van der Waals surface area contributed by atoms with Crippen molar-refractivity contribution in [3.63, 3.8) is 0 Å². The molecule has 0 aromatic carbocycles. The van der Waals surface area contributed by atoms with Crippen LogP contribution in [0, 0.1) is 16.7 Å². The molecule has 1 fully saturated rings. The zero-order chi connectivity index (χ0) is 14.8. The summed E-state index contributed by atoms with van der Waals surface area (Å²) in [6, 6.07) is 5.15. The molecule has 1 amide bonds. The van der Waals surface area contributed by atoms with Crippen LogP contribution >= 0.6 is 0 Å². The number of rotatable bonds is 4. The number of nitrogens with zero attached hydrogens (tertiary/aromatic N) is 3. The molecular formula is C14H17N3O3. The van der Waals surface area contributed by atoms with Crippen LogP contribution in [0.5, 0.6) is 5.88 Å². The normalized spacial score (nSPS) is 20.8. The highest BCUT2D eigenvalue weighted by Crippen LogP contribution is 2.33. The van der Waals surface area contributed by atoms with Gasteiger partial charge in [0.05, 0.1) is 12.2 Å². The van der Waals surface area contributed by atoms with Crippen molar-refractivity contribution in [1.29, 1.82) is 5.26 Å². The molecule has 0 saturated carbocycles. The van der Waals surface area contributed by atoms with Gasteiger partial charge in [-0.1, -0.05) is 13.8 Å². The van der Waals surface area contributed by atoms with Gasteiger partial charge in [0.1, 0.15) is 6.07 Å². The van der Waals surface area contributed by atoms with Gasteiger partial charge in [0, 0.05) is 30.8 Å². The monoisotopic (exact) mass is 275 g/mol. The van der Waals surface area contributed by atoms with Gasteiger partial charge in [-0.3, -0.25) is 4.79 Å². The van der Waals surface area contributed by atoms with Crippen molar-refractivity contribution in [2.75, 3.05) is 19.7 Å². The fraction of sp³-hybridized carbons (Fsp3) is 0.500. The number of carbonyl (C=O) groups excluding carboxylic acids is 1. The lowest BCUT2D eigenvalue weighted by Gasteiger charge is -2.23. The summed E-state index contributed by atoms with van der Waals surface area (Å²) >= 11 is 0. The summed E-state index contributed by atoms with van der Waals surface area (Å²) in [5, 5.41) is 17.7. The Kier molecular flexibility index (Phi) is 3.91. The van der Waals surface area contributed by atoms with Gasteiger partial charge >= 0.3 is 0 Å². The first kappa shape index (κ1) is 14.3. The van der Waals surface area contributed by atoms with Crippen molar-refractivity contribution in [3.8, 4) is 11.9 Å². The van der Waals surface area contributed by atoms with Crippen LogP contribution in [-0.4, -0.2) is 46.7 Å². The van der Waals surface area contributed by atoms with E-state index in [4.69, 9.17) is 15.1 Å². The van der Waals surface area contributed by atoms with E-state index in [1.165, 1.54) is 6.20 Å². The van der Waals surface area contributed by atoms with Crippen LogP contribution in [0.15, 0.2) is 18.3 Å². The summed E-state index contributed by atoms with van der Waals surface area (Å²) in [5.41, 5.74) is 0.0817. The van der Waals surface area contributed by atoms with Gasteiger partial charge in [-0.15, -0.1) is 0 Å². The molecule has 0 unspecified atom stereocenters. The predicted octanol–water partition coefficient (Wildman–Crippen LogP) is 0.561. The second-order valence-electron chi connectivity index (χ2n) is 5.47. The molecule has 1 aliphatic rings. The lowest BCUT2D eigenvalue weighted by molar-refractivity contribution is -0.134. The third kappa shape index (κ3) is 2.73. The number of aromatic nitrogens is 1. The van der Waals surface area contributed by atoms with E-state index in [2.05, 4.69) is 4.98 Å². The number of nitriles is 1. The first-order valence-corrected chi connectivity index (χ1v) is 6.40. The largest absolute Gasteiger partial charge is 0.464 e. The van der Waals surface area contributed by atoms with Gasteiger partial charge in [0.2, 0.25) is 5.88 Å². The standard InChI is InChI=1S/C14H17N3O3/c1-14(2)9-17(5-6-18)13(19)12(14)20-11-4-3-10(7-15)8-16-11/h3-4,8,12,18H,5-6,9H2,1-2H3/t12-/m0/s1. The molecule has 6 heteroatoms. The molecule has 1 atom stereocenters. The van der Waals surface area contributed by atoms with Crippen molar-refractivity contribution >= 4 is 5.91 Å². The van der Waals surface area contributed by atoms with Crippen LogP contribution in [0.2, 0.25) is 0 Å². The van der Waals surface area contributed by atoms with Crippen molar-refractivity contribution in [3.05, 3.63) is 23.9 Å². The van der Waals surface area contributed by atoms with Crippen molar-refractivity contribution in [2.24, 2.45) is 5.41 Å². The zero-order valence-corrected chi connectivity index (χ0v) is 11.5. The molecule has 0 bridgehead atoms. The first-order valence-electron chi connectivity index (χ1n) is 6.40. The number of hydrogen-bond donors (Lipinski definition) is 1. The van der Waals surface area contributed by atoms with E-state index in [1.807, 2.05) is 19.9 Å². The highest BCUT2D eigenvalue weighted by molar-refractivity contribution is 5.84. The third-order valence-electron chi connectivity index (χ3n) is 3.32. The molecule has 0 spiro atoms. The Morgan fingerprint density at radius 3 is 2.90 bits per heavy atom. The molecule has 1 N–H and O–H groups in total. The fourth-order valence-corrected chi connectivity index (χ4v) is 2.31. The fourth-order valence-electron chi connectivity index (χ4n) is 2.31. The van der Waals surface area contributed by atoms with E-state index in [0.29, 0.717) is 24.5 Å². The van der Waals surface area contributed by atoms with E-state index in [1.54, 1.807) is 17.0 Å². The van der Waals surface area contributed by atoms with Crippen LogP contribution in [0.1, 0.15) is 19.4 Å². The molecule has 1 aliphatic heterocycles. The number of β-amino-alcohol motifs (C(OH)–C–C–N with tert-alkyl or cyclic N) is 1. The number of amides is 1. The molecule has 0 radical (unpaired) electrons. The minimum Gasteiger partial charge on any atom is -0.464 e. The molecule has 1 aromatic rings. The molecule has 106 valence electrons. The summed E-state index contributed by atoms with van der Waals surface area (Å²) in [4.78, 5) is 17.9. The number of aliphatic hydroxyl groups excluding tert-OH is 1. The number of likely N-dealkylation sites (tertiary alicyclic amines) is 1. The summed E-state index contributed by atoms with van der Waals surface area (Å²) in [5.74, 6) is 0.177. The minimum absolute atomic E-state index is 0.0658. The number of hydrogen-bond acceptors (Lipinski definition) is 5. The Balaban J connectivity index is 2.14. The molecule has 20 heavy (non-hydrogen) atoms. The Bertz CT molecular complexity index is 534. The second-order valence-corrected chi connectivity index (χ2v) is 5.47. The molecule has 2 rings (SSSR count). The van der Waals surface area contributed by atoms with Gasteiger partial charge in [0.25, 0.3) is 5.91 Å². The molecule has 0 aliphatic carbocycles. The highest BCUT2D eigenvalue weighted by atomic mass is 16.5. The lowest BCUT2D eigenvalue weighted by atomic mass is 9.90. The number of ether oxygens (including phenoxy) is 1. The van der Waals surface area contributed by atoms with Crippen LogP contribution in [0.25, 0.3) is 0 Å². The maximum absolute atomic E-state index is 12.2. The molecule has 2 heterocycles. The van der Waals surface area contributed by atoms with Crippen molar-refractivity contribution in [2.45, 2.75) is 20.0 Å². The zero-order valence-electron chi connectivity index (χ0n) is 11.5. The van der Waals surface area contributed by atoms with E-state index in [-0.39, 0.29) is 17.9 Å². The molecule has 6 nitrogen and oxygen atoms in total. The smallest absolute Gasteiger partial charge is 0.264 e. The van der Waals surface area contributed by atoms with Gasteiger partial charge in [-0.05, 0) is 6.07 Å². The number of pyridine rings is 1. The average Bonchev–Trinajstić information content (AvgIpc) is 2.63. The molecule has 1 aromatic heterocycles. The van der Waals surface area contributed by atoms with Gasteiger partial charge < -0.3 is 14.7 Å². The topological polar surface area (TPSA) is 86.5 Å². The van der Waals surface area contributed by atoms with E-state index in [9.17, 15) is 4.79 Å². The Hall–Kier alpha value is -2.13. The predicted molar refractivity (Wildman–Crippen MR) is 70.8 cm³/mol. The number of carbonyl (C=O) groups is 1. The molecular weight excluding hydrogens is 258 g/mol. The molecule has 1 saturated heterocycles. The van der Waals surface area contributed by atoms with E-state index < -0.39 is 6.10 Å². The average molecular weight is 275 g/mol. The van der Waals surface area contributed by atoms with Crippen LogP contribution in [-0.2, 0) is 4.79 Å². The first-order chi connectivity index (χ1) is 9.47. The summed E-state index contributed by atoms with van der Waals surface area (Å²) in [6.07, 6.45) is 0.780. The quantitative estimate of drug-likeness (QED) is 0.867. The maximum Gasteiger partial charge on any atom is 0.264 e. The Morgan fingerprint density at radius 2 is 2.35 bits per heavy atom. The highest BCUT2D eigenvalue weighted by Gasteiger charge is 2.47. The minimum atomic E-state index is -0.630. The van der Waals surface area contributed by atoms with Gasteiger partial charge in [0.15, 0.2) is 6.10 Å². The van der Waals surface area contributed by atoms with Gasteiger partial charge in [-0.25, -0.2) is 4.98 Å². The summed E-state index contributed by atoms with van der Waals surface area (Å²) in [6.45, 7) is 4.66. The lowest BCUT2D eigenvalue weighted by Crippen LogP contribution is -2.37. The van der Waals surface area contributed by atoms with Crippen LogP contribution < -0.4 is 4.74 Å². The summed E-state index contributed by atoms with van der Waals surface area (Å²) < 4.78 is 5.69. The van der Waals surface area contributed by atoms with Crippen molar-refractivity contribution < 1.29 is 14.6 Å². The Labute approximate surface area is 117 Å².